The fourth-order valence-electron chi connectivity index (χ4n) is 2.24. The molecule has 6 heteroatoms. The summed E-state index contributed by atoms with van der Waals surface area (Å²) in [5, 5.41) is 16.8. The minimum absolute atomic E-state index is 0.464. The highest BCUT2D eigenvalue weighted by molar-refractivity contribution is 5.79. The van der Waals surface area contributed by atoms with Crippen LogP contribution in [0.5, 0.6) is 11.5 Å². The highest BCUT2D eigenvalue weighted by Gasteiger charge is 2.22. The standard InChI is InChI=1S/C18H31N3O3/c1-6-18(22,7-2)13-21-17(19-8-3)20-12-14-9-10-15(23-4)11-16(14)24-5/h9-11,22H,6-8,12-13H2,1-5H3,(H2,19,20,21). The van der Waals surface area contributed by atoms with Crippen LogP contribution in [0.25, 0.3) is 0 Å². The summed E-state index contributed by atoms with van der Waals surface area (Å²) in [6.45, 7) is 7.67. The maximum absolute atomic E-state index is 10.4. The van der Waals surface area contributed by atoms with Crippen LogP contribution in [0.1, 0.15) is 39.2 Å². The van der Waals surface area contributed by atoms with E-state index in [1.807, 2.05) is 39.0 Å². The molecule has 3 N–H and O–H groups in total. The van der Waals surface area contributed by atoms with Gasteiger partial charge in [0, 0.05) is 24.7 Å². The number of aliphatic imine (C=N–C) groups is 1. The average molecular weight is 337 g/mol. The molecule has 0 radical (unpaired) electrons. The molecule has 0 fully saturated rings. The van der Waals surface area contributed by atoms with E-state index in [4.69, 9.17) is 9.47 Å². The van der Waals surface area contributed by atoms with Crippen LogP contribution in [0.2, 0.25) is 0 Å². The first kappa shape index (κ1) is 20.1. The highest BCUT2D eigenvalue weighted by atomic mass is 16.5. The van der Waals surface area contributed by atoms with Crippen molar-refractivity contribution in [3.63, 3.8) is 0 Å². The normalized spacial score (nSPS) is 12.0. The Hall–Kier alpha value is -1.95. The number of nitrogens with one attached hydrogen (secondary N) is 2. The van der Waals surface area contributed by atoms with Crippen molar-refractivity contribution >= 4 is 5.96 Å². The number of aliphatic hydroxyl groups is 1. The molecule has 0 atom stereocenters. The molecule has 0 aromatic heterocycles. The number of guanidine groups is 1. The van der Waals surface area contributed by atoms with Crippen molar-refractivity contribution in [2.45, 2.75) is 45.8 Å². The maximum atomic E-state index is 10.4. The zero-order chi connectivity index (χ0) is 18.0. The molecule has 0 bridgehead atoms. The Kier molecular flexibility index (Phi) is 8.40. The molecule has 0 heterocycles. The van der Waals surface area contributed by atoms with Gasteiger partial charge in [0.1, 0.15) is 11.5 Å². The van der Waals surface area contributed by atoms with Crippen LogP contribution in [0.4, 0.5) is 0 Å². The van der Waals surface area contributed by atoms with Gasteiger partial charge in [-0.05, 0) is 31.9 Å². The van der Waals surface area contributed by atoms with Crippen LogP contribution in [-0.2, 0) is 6.54 Å². The Morgan fingerprint density at radius 3 is 2.38 bits per heavy atom. The zero-order valence-corrected chi connectivity index (χ0v) is 15.5. The SMILES string of the molecule is CCNC(=NCc1ccc(OC)cc1OC)NCC(O)(CC)CC. The summed E-state index contributed by atoms with van der Waals surface area (Å²) in [6, 6.07) is 5.68. The second-order valence-electron chi connectivity index (χ2n) is 5.66. The summed E-state index contributed by atoms with van der Waals surface area (Å²) in [5.41, 5.74) is 0.255. The second kappa shape index (κ2) is 10.0. The van der Waals surface area contributed by atoms with Crippen molar-refractivity contribution in [2.24, 2.45) is 4.99 Å². The van der Waals surface area contributed by atoms with Gasteiger partial charge >= 0.3 is 0 Å². The zero-order valence-electron chi connectivity index (χ0n) is 15.5. The third-order valence-corrected chi connectivity index (χ3v) is 4.15. The lowest BCUT2D eigenvalue weighted by atomic mass is 9.98. The summed E-state index contributed by atoms with van der Waals surface area (Å²) < 4.78 is 10.6. The summed E-state index contributed by atoms with van der Waals surface area (Å²) in [7, 11) is 3.26. The van der Waals surface area contributed by atoms with E-state index in [0.717, 1.165) is 23.6 Å². The molecular formula is C18H31N3O3. The van der Waals surface area contributed by atoms with Gasteiger partial charge in [0.15, 0.2) is 5.96 Å². The van der Waals surface area contributed by atoms with Gasteiger partial charge in [-0.3, -0.25) is 0 Å². The monoisotopic (exact) mass is 337 g/mol. The second-order valence-corrected chi connectivity index (χ2v) is 5.66. The van der Waals surface area contributed by atoms with Gasteiger partial charge in [-0.15, -0.1) is 0 Å². The fraction of sp³-hybridized carbons (Fsp3) is 0.611. The molecular weight excluding hydrogens is 306 g/mol. The van der Waals surface area contributed by atoms with E-state index in [1.165, 1.54) is 0 Å². The Morgan fingerprint density at radius 1 is 1.12 bits per heavy atom. The number of rotatable bonds is 9. The van der Waals surface area contributed by atoms with E-state index >= 15 is 0 Å². The van der Waals surface area contributed by atoms with E-state index in [9.17, 15) is 5.11 Å². The smallest absolute Gasteiger partial charge is 0.191 e. The molecule has 1 rings (SSSR count). The molecule has 0 aliphatic heterocycles. The molecule has 136 valence electrons. The van der Waals surface area contributed by atoms with Crippen LogP contribution < -0.4 is 20.1 Å². The lowest BCUT2D eigenvalue weighted by Crippen LogP contribution is -2.46. The maximum Gasteiger partial charge on any atom is 0.191 e. The summed E-state index contributed by atoms with van der Waals surface area (Å²) in [4.78, 5) is 4.58. The van der Waals surface area contributed by atoms with Crippen LogP contribution in [0.15, 0.2) is 23.2 Å². The predicted octanol–water partition coefficient (Wildman–Crippen LogP) is 2.31. The third kappa shape index (κ3) is 5.92. The lowest BCUT2D eigenvalue weighted by molar-refractivity contribution is 0.0367. The molecule has 0 aliphatic rings. The largest absolute Gasteiger partial charge is 0.497 e. The number of hydrogen-bond donors (Lipinski definition) is 3. The first-order valence-electron chi connectivity index (χ1n) is 8.47. The molecule has 24 heavy (non-hydrogen) atoms. The molecule has 0 amide bonds. The number of methoxy groups -OCH3 is 2. The summed E-state index contributed by atoms with van der Waals surface area (Å²) in [5.74, 6) is 2.17. The fourth-order valence-corrected chi connectivity index (χ4v) is 2.24. The van der Waals surface area contributed by atoms with E-state index in [-0.39, 0.29) is 0 Å². The van der Waals surface area contributed by atoms with Gasteiger partial charge in [0.05, 0.1) is 26.4 Å². The molecule has 0 spiro atoms. The number of hydrogen-bond acceptors (Lipinski definition) is 4. The highest BCUT2D eigenvalue weighted by Crippen LogP contribution is 2.25. The van der Waals surface area contributed by atoms with Gasteiger partial charge in [-0.25, -0.2) is 4.99 Å². The average Bonchev–Trinajstić information content (AvgIpc) is 2.63. The lowest BCUT2D eigenvalue weighted by Gasteiger charge is -2.26. The molecule has 6 nitrogen and oxygen atoms in total. The van der Waals surface area contributed by atoms with Crippen molar-refractivity contribution in [1.82, 2.24) is 10.6 Å². The Morgan fingerprint density at radius 2 is 1.83 bits per heavy atom. The first-order chi connectivity index (χ1) is 11.5. The number of nitrogens with zero attached hydrogens (tertiary/aromatic N) is 1. The minimum Gasteiger partial charge on any atom is -0.497 e. The van der Waals surface area contributed by atoms with Crippen molar-refractivity contribution < 1.29 is 14.6 Å². The van der Waals surface area contributed by atoms with Crippen molar-refractivity contribution in [3.8, 4) is 11.5 Å². The third-order valence-electron chi connectivity index (χ3n) is 4.15. The molecule has 0 unspecified atom stereocenters. The van der Waals surface area contributed by atoms with Crippen molar-refractivity contribution in [3.05, 3.63) is 23.8 Å². The van der Waals surface area contributed by atoms with Gasteiger partial charge in [0.25, 0.3) is 0 Å². The van der Waals surface area contributed by atoms with Crippen LogP contribution in [0.3, 0.4) is 0 Å². The minimum atomic E-state index is -0.714. The van der Waals surface area contributed by atoms with Gasteiger partial charge in [-0.2, -0.15) is 0 Å². The van der Waals surface area contributed by atoms with E-state index in [0.29, 0.717) is 31.9 Å². The molecule has 0 saturated heterocycles. The van der Waals surface area contributed by atoms with Crippen molar-refractivity contribution in [1.29, 1.82) is 0 Å². The Labute approximate surface area is 145 Å². The predicted molar refractivity (Wildman–Crippen MR) is 97.9 cm³/mol. The molecule has 0 aliphatic carbocycles. The van der Waals surface area contributed by atoms with Crippen LogP contribution >= 0.6 is 0 Å². The van der Waals surface area contributed by atoms with Gasteiger partial charge < -0.3 is 25.2 Å². The van der Waals surface area contributed by atoms with E-state index in [2.05, 4.69) is 15.6 Å². The van der Waals surface area contributed by atoms with Crippen LogP contribution in [0, 0.1) is 0 Å². The molecule has 0 saturated carbocycles. The van der Waals surface area contributed by atoms with Crippen LogP contribution in [-0.4, -0.2) is 44.0 Å². The van der Waals surface area contributed by atoms with E-state index in [1.54, 1.807) is 14.2 Å². The summed E-state index contributed by atoms with van der Waals surface area (Å²) in [6.07, 6.45) is 1.39. The van der Waals surface area contributed by atoms with Gasteiger partial charge in [0.2, 0.25) is 0 Å². The first-order valence-corrected chi connectivity index (χ1v) is 8.47. The van der Waals surface area contributed by atoms with Crippen molar-refractivity contribution in [2.75, 3.05) is 27.3 Å². The molecule has 1 aromatic carbocycles. The number of ether oxygens (including phenoxy) is 2. The Bertz CT molecular complexity index is 528. The molecule has 1 aromatic rings. The van der Waals surface area contributed by atoms with Gasteiger partial charge in [-0.1, -0.05) is 13.8 Å². The topological polar surface area (TPSA) is 75.1 Å². The Balaban J connectivity index is 2.82. The van der Waals surface area contributed by atoms with E-state index < -0.39 is 5.60 Å². The quantitative estimate of drug-likeness (QED) is 0.476. The number of benzene rings is 1. The summed E-state index contributed by atoms with van der Waals surface area (Å²) >= 11 is 0.